The van der Waals surface area contributed by atoms with Crippen LogP contribution in [0.25, 0.3) is 0 Å². The van der Waals surface area contributed by atoms with E-state index in [9.17, 15) is 4.79 Å². The number of nitrogens with zero attached hydrogens (tertiary/aromatic N) is 1. The average Bonchev–Trinajstić information content (AvgIpc) is 2.30. The van der Waals surface area contributed by atoms with Crippen LogP contribution < -0.4 is 0 Å². The fourth-order valence-electron chi connectivity index (χ4n) is 1.75. The zero-order chi connectivity index (χ0) is 12.6. The van der Waals surface area contributed by atoms with Gasteiger partial charge in [0.15, 0.2) is 0 Å². The van der Waals surface area contributed by atoms with Gasteiger partial charge in [0.1, 0.15) is 5.60 Å². The third-order valence-corrected chi connectivity index (χ3v) is 2.77. The molecule has 0 aromatic carbocycles. The lowest BCUT2D eigenvalue weighted by Crippen LogP contribution is -2.34. The van der Waals surface area contributed by atoms with E-state index in [0.717, 1.165) is 12.8 Å². The number of aliphatic carboxylic acids is 1. The van der Waals surface area contributed by atoms with Gasteiger partial charge in [-0.2, -0.15) is 0 Å². The van der Waals surface area contributed by atoms with Crippen molar-refractivity contribution in [1.82, 2.24) is 0 Å². The van der Waals surface area contributed by atoms with Crippen molar-refractivity contribution in [2.75, 3.05) is 0 Å². The molecule has 0 aromatic rings. The topological polar surface area (TPSA) is 58.9 Å². The van der Waals surface area contributed by atoms with Gasteiger partial charge in [-0.15, -0.1) is 0 Å². The second-order valence-corrected chi connectivity index (χ2v) is 4.02. The van der Waals surface area contributed by atoms with Gasteiger partial charge < -0.3 is 9.94 Å². The SMILES string of the molecule is C/C=N\OC1(C)CCC(C(=O)O)CC1.CC. The largest absolute Gasteiger partial charge is 0.481 e. The highest BCUT2D eigenvalue weighted by Crippen LogP contribution is 2.34. The lowest BCUT2D eigenvalue weighted by atomic mass is 9.80. The third-order valence-electron chi connectivity index (χ3n) is 2.77. The van der Waals surface area contributed by atoms with E-state index in [4.69, 9.17) is 9.94 Å². The molecule has 0 aromatic heterocycles. The van der Waals surface area contributed by atoms with Crippen LogP contribution in [0.4, 0.5) is 0 Å². The number of carboxylic acids is 1. The molecule has 94 valence electrons. The summed E-state index contributed by atoms with van der Waals surface area (Å²) in [6.45, 7) is 7.78. The lowest BCUT2D eigenvalue weighted by Gasteiger charge is -2.33. The van der Waals surface area contributed by atoms with Gasteiger partial charge in [-0.1, -0.05) is 19.0 Å². The van der Waals surface area contributed by atoms with Crippen LogP contribution >= 0.6 is 0 Å². The average molecular weight is 229 g/mol. The zero-order valence-corrected chi connectivity index (χ0v) is 10.7. The van der Waals surface area contributed by atoms with Crippen LogP contribution in [0, 0.1) is 5.92 Å². The summed E-state index contributed by atoms with van der Waals surface area (Å²) in [5.74, 6) is -0.886. The molecule has 0 amide bonds. The number of hydrogen-bond acceptors (Lipinski definition) is 3. The normalized spacial score (nSPS) is 29.4. The van der Waals surface area contributed by atoms with Gasteiger partial charge in [-0.3, -0.25) is 4.79 Å². The zero-order valence-electron chi connectivity index (χ0n) is 10.7. The molecule has 16 heavy (non-hydrogen) atoms. The van der Waals surface area contributed by atoms with Gasteiger partial charge in [0, 0.05) is 6.21 Å². The van der Waals surface area contributed by atoms with Crippen LogP contribution in [0.5, 0.6) is 0 Å². The minimum absolute atomic E-state index is 0.197. The molecule has 4 heteroatoms. The van der Waals surface area contributed by atoms with Crippen LogP contribution in [0.1, 0.15) is 53.4 Å². The second kappa shape index (κ2) is 7.25. The molecule has 0 spiro atoms. The van der Waals surface area contributed by atoms with Gasteiger partial charge >= 0.3 is 5.97 Å². The van der Waals surface area contributed by atoms with Crippen LogP contribution in [0.15, 0.2) is 5.16 Å². The monoisotopic (exact) mass is 229 g/mol. The second-order valence-electron chi connectivity index (χ2n) is 4.02. The molecule has 4 nitrogen and oxygen atoms in total. The van der Waals surface area contributed by atoms with Crippen molar-refractivity contribution in [3.05, 3.63) is 0 Å². The Labute approximate surface area is 97.7 Å². The molecule has 0 atom stereocenters. The van der Waals surface area contributed by atoms with Crippen molar-refractivity contribution < 1.29 is 14.7 Å². The summed E-state index contributed by atoms with van der Waals surface area (Å²) in [5.41, 5.74) is -0.265. The molecule has 0 bridgehead atoms. The smallest absolute Gasteiger partial charge is 0.306 e. The molecule has 0 saturated heterocycles. The number of rotatable bonds is 3. The minimum atomic E-state index is -0.689. The summed E-state index contributed by atoms with van der Waals surface area (Å²) in [6, 6.07) is 0. The van der Waals surface area contributed by atoms with Crippen molar-refractivity contribution >= 4 is 12.2 Å². The minimum Gasteiger partial charge on any atom is -0.481 e. The molecule has 1 fully saturated rings. The molecule has 1 rings (SSSR count). The summed E-state index contributed by atoms with van der Waals surface area (Å²) in [4.78, 5) is 16.0. The third kappa shape index (κ3) is 4.64. The maximum atomic E-state index is 10.7. The fraction of sp³-hybridized carbons (Fsp3) is 0.833. The van der Waals surface area contributed by atoms with Crippen molar-refractivity contribution in [3.63, 3.8) is 0 Å². The molecule has 1 N–H and O–H groups in total. The van der Waals surface area contributed by atoms with Crippen molar-refractivity contribution in [1.29, 1.82) is 0 Å². The van der Waals surface area contributed by atoms with Crippen molar-refractivity contribution in [3.8, 4) is 0 Å². The predicted molar refractivity (Wildman–Crippen MR) is 64.6 cm³/mol. The van der Waals surface area contributed by atoms with E-state index in [1.165, 1.54) is 0 Å². The summed E-state index contributed by atoms with van der Waals surface area (Å²) < 4.78 is 0. The number of oxime groups is 1. The molecular weight excluding hydrogens is 206 g/mol. The molecule has 0 aliphatic heterocycles. The summed E-state index contributed by atoms with van der Waals surface area (Å²) in [5, 5.41) is 12.6. The Bertz CT molecular complexity index is 230. The Morgan fingerprint density at radius 1 is 1.44 bits per heavy atom. The molecular formula is C12H23NO3. The maximum Gasteiger partial charge on any atom is 0.306 e. The van der Waals surface area contributed by atoms with Crippen LogP contribution in [-0.2, 0) is 9.63 Å². The summed E-state index contributed by atoms with van der Waals surface area (Å²) in [7, 11) is 0. The van der Waals surface area contributed by atoms with E-state index < -0.39 is 5.97 Å². The van der Waals surface area contributed by atoms with Crippen LogP contribution in [0.3, 0.4) is 0 Å². The summed E-state index contributed by atoms with van der Waals surface area (Å²) in [6.07, 6.45) is 4.51. The first-order valence-electron chi connectivity index (χ1n) is 5.96. The van der Waals surface area contributed by atoms with Gasteiger partial charge in [0.05, 0.1) is 5.92 Å². The Morgan fingerprint density at radius 3 is 2.31 bits per heavy atom. The standard InChI is InChI=1S/C10H17NO3.C2H6/c1-3-11-14-10(2)6-4-8(5-7-10)9(12)13;1-2/h3,8H,4-7H2,1-2H3,(H,12,13);1-2H3/b11-3-;. The van der Waals surface area contributed by atoms with E-state index in [2.05, 4.69) is 5.16 Å². The molecule has 1 aliphatic carbocycles. The quantitative estimate of drug-likeness (QED) is 0.597. The maximum absolute atomic E-state index is 10.7. The van der Waals surface area contributed by atoms with Gasteiger partial charge in [-0.25, -0.2) is 0 Å². The molecule has 0 heterocycles. The Kier molecular flexibility index (Phi) is 6.77. The first-order chi connectivity index (χ1) is 7.57. The first-order valence-corrected chi connectivity index (χ1v) is 5.96. The highest BCUT2D eigenvalue weighted by molar-refractivity contribution is 5.70. The Morgan fingerprint density at radius 2 is 1.94 bits per heavy atom. The van der Waals surface area contributed by atoms with Gasteiger partial charge in [0.25, 0.3) is 0 Å². The van der Waals surface area contributed by atoms with Crippen LogP contribution in [0.2, 0.25) is 0 Å². The highest BCUT2D eigenvalue weighted by atomic mass is 16.6. The van der Waals surface area contributed by atoms with E-state index in [-0.39, 0.29) is 11.5 Å². The van der Waals surface area contributed by atoms with Gasteiger partial charge in [-0.05, 0) is 39.5 Å². The van der Waals surface area contributed by atoms with Crippen LogP contribution in [-0.4, -0.2) is 22.9 Å². The fourth-order valence-corrected chi connectivity index (χ4v) is 1.75. The van der Waals surface area contributed by atoms with Crippen molar-refractivity contribution in [2.45, 2.75) is 59.0 Å². The molecule has 1 saturated carbocycles. The highest BCUT2D eigenvalue weighted by Gasteiger charge is 2.35. The van der Waals surface area contributed by atoms with Gasteiger partial charge in [0.2, 0.25) is 0 Å². The van der Waals surface area contributed by atoms with E-state index in [1.54, 1.807) is 13.1 Å². The number of carboxylic acid groups (broad SMARTS) is 1. The predicted octanol–water partition coefficient (Wildman–Crippen LogP) is 3.07. The molecule has 0 unspecified atom stereocenters. The Balaban J connectivity index is 0.00000106. The summed E-state index contributed by atoms with van der Waals surface area (Å²) >= 11 is 0. The molecule has 1 aliphatic rings. The number of carbonyl (C=O) groups is 1. The number of hydrogen-bond donors (Lipinski definition) is 1. The van der Waals surface area contributed by atoms with E-state index in [0.29, 0.717) is 12.8 Å². The lowest BCUT2D eigenvalue weighted by molar-refractivity contribution is -0.145. The van der Waals surface area contributed by atoms with E-state index in [1.807, 2.05) is 20.8 Å². The van der Waals surface area contributed by atoms with E-state index >= 15 is 0 Å². The first kappa shape index (κ1) is 14.9. The molecule has 0 radical (unpaired) electrons. The van der Waals surface area contributed by atoms with Crippen molar-refractivity contribution in [2.24, 2.45) is 11.1 Å². The Hall–Kier alpha value is -1.06.